The molecule has 0 atom stereocenters. The lowest BCUT2D eigenvalue weighted by atomic mass is 10.2. The van der Waals surface area contributed by atoms with Gasteiger partial charge in [0.15, 0.2) is 0 Å². The molecule has 1 fully saturated rings. The second kappa shape index (κ2) is 5.68. The van der Waals surface area contributed by atoms with E-state index in [1.54, 1.807) is 7.11 Å². The van der Waals surface area contributed by atoms with Gasteiger partial charge in [0, 0.05) is 36.8 Å². The third-order valence-electron chi connectivity index (χ3n) is 4.09. The number of aryl methyl sites for hydroxylation is 1. The van der Waals surface area contributed by atoms with Crippen LogP contribution in [0.1, 0.15) is 19.4 Å². The Bertz CT molecular complexity index is 487. The Labute approximate surface area is 116 Å². The van der Waals surface area contributed by atoms with Crippen molar-refractivity contribution in [2.45, 2.75) is 26.8 Å². The van der Waals surface area contributed by atoms with Gasteiger partial charge in [0.25, 0.3) is 0 Å². The van der Waals surface area contributed by atoms with Crippen LogP contribution in [0.3, 0.4) is 0 Å². The zero-order valence-electron chi connectivity index (χ0n) is 12.3. The highest BCUT2D eigenvalue weighted by atomic mass is 31.2. The standard InChI is InChI=1S/C15H24NO2P/c1-12(2)16-7-9-19(17,10-8-16)14-6-5-13(3)15(11-14)18-4/h5-6,11-12H,7-10H2,1-4H3. The first-order chi connectivity index (χ1) is 8.96. The van der Waals surface area contributed by atoms with E-state index in [9.17, 15) is 4.57 Å². The maximum Gasteiger partial charge on any atom is 0.122 e. The molecular weight excluding hydrogens is 257 g/mol. The highest BCUT2D eigenvalue weighted by Crippen LogP contribution is 2.47. The van der Waals surface area contributed by atoms with Gasteiger partial charge in [-0.1, -0.05) is 12.1 Å². The third kappa shape index (κ3) is 3.04. The van der Waals surface area contributed by atoms with Crippen molar-refractivity contribution in [3.05, 3.63) is 23.8 Å². The molecule has 19 heavy (non-hydrogen) atoms. The molecule has 1 aliphatic rings. The Balaban J connectivity index is 2.20. The fourth-order valence-corrected chi connectivity index (χ4v) is 5.24. The van der Waals surface area contributed by atoms with Gasteiger partial charge in [0.05, 0.1) is 7.11 Å². The Hall–Kier alpha value is -0.790. The fourth-order valence-electron chi connectivity index (χ4n) is 2.64. The number of ether oxygens (including phenoxy) is 1. The van der Waals surface area contributed by atoms with Crippen LogP contribution in [-0.4, -0.2) is 43.5 Å². The van der Waals surface area contributed by atoms with Crippen LogP contribution in [0.2, 0.25) is 0 Å². The molecule has 0 unspecified atom stereocenters. The van der Waals surface area contributed by atoms with E-state index in [0.717, 1.165) is 42.0 Å². The summed E-state index contributed by atoms with van der Waals surface area (Å²) in [6.45, 7) is 8.28. The Morgan fingerprint density at radius 2 is 1.89 bits per heavy atom. The zero-order chi connectivity index (χ0) is 14.0. The van der Waals surface area contributed by atoms with Gasteiger partial charge in [-0.15, -0.1) is 0 Å². The number of benzene rings is 1. The van der Waals surface area contributed by atoms with Crippen LogP contribution >= 0.6 is 7.14 Å². The van der Waals surface area contributed by atoms with Gasteiger partial charge in [-0.2, -0.15) is 0 Å². The van der Waals surface area contributed by atoms with Crippen molar-refractivity contribution in [3.8, 4) is 5.75 Å². The van der Waals surface area contributed by atoms with Crippen molar-refractivity contribution >= 4 is 12.4 Å². The summed E-state index contributed by atoms with van der Waals surface area (Å²) in [5.41, 5.74) is 1.10. The van der Waals surface area contributed by atoms with Gasteiger partial charge in [-0.25, -0.2) is 0 Å². The second-order valence-electron chi connectivity index (χ2n) is 5.62. The highest BCUT2D eigenvalue weighted by Gasteiger charge is 2.31. The second-order valence-corrected chi connectivity index (χ2v) is 8.81. The first-order valence-corrected chi connectivity index (χ1v) is 9.01. The Morgan fingerprint density at radius 3 is 2.42 bits per heavy atom. The monoisotopic (exact) mass is 281 g/mol. The molecule has 1 saturated heterocycles. The van der Waals surface area contributed by atoms with Crippen molar-refractivity contribution in [1.29, 1.82) is 0 Å². The lowest BCUT2D eigenvalue weighted by Crippen LogP contribution is -2.41. The van der Waals surface area contributed by atoms with Gasteiger partial charge < -0.3 is 9.30 Å². The average molecular weight is 281 g/mol. The van der Waals surface area contributed by atoms with Gasteiger partial charge in [0.1, 0.15) is 12.9 Å². The molecule has 0 saturated carbocycles. The highest BCUT2D eigenvalue weighted by molar-refractivity contribution is 7.71. The molecule has 0 bridgehead atoms. The number of hydrogen-bond donors (Lipinski definition) is 0. The first kappa shape index (κ1) is 14.6. The first-order valence-electron chi connectivity index (χ1n) is 6.93. The summed E-state index contributed by atoms with van der Waals surface area (Å²) in [5.74, 6) is 0.846. The maximum atomic E-state index is 13.1. The van der Waals surface area contributed by atoms with E-state index >= 15 is 0 Å². The van der Waals surface area contributed by atoms with Crippen LogP contribution in [0.4, 0.5) is 0 Å². The topological polar surface area (TPSA) is 29.5 Å². The smallest absolute Gasteiger partial charge is 0.122 e. The molecular formula is C15H24NO2P. The Kier molecular flexibility index (Phi) is 4.37. The lowest BCUT2D eigenvalue weighted by molar-refractivity contribution is 0.240. The summed E-state index contributed by atoms with van der Waals surface area (Å²) in [6.07, 6.45) is 1.58. The molecule has 0 aromatic heterocycles. The van der Waals surface area contributed by atoms with Crippen LogP contribution < -0.4 is 10.0 Å². The van der Waals surface area contributed by atoms with E-state index < -0.39 is 7.14 Å². The quantitative estimate of drug-likeness (QED) is 0.798. The summed E-state index contributed by atoms with van der Waals surface area (Å²) >= 11 is 0. The van der Waals surface area contributed by atoms with Crippen molar-refractivity contribution in [3.63, 3.8) is 0 Å². The van der Waals surface area contributed by atoms with Crippen LogP contribution in [0.5, 0.6) is 5.75 Å². The predicted octanol–water partition coefficient (Wildman–Crippen LogP) is 2.72. The normalized spacial score (nSPS) is 19.6. The predicted molar refractivity (Wildman–Crippen MR) is 81.4 cm³/mol. The van der Waals surface area contributed by atoms with Crippen LogP contribution in [0.15, 0.2) is 18.2 Å². The molecule has 1 aromatic rings. The number of methoxy groups -OCH3 is 1. The van der Waals surface area contributed by atoms with Gasteiger partial charge in [0.2, 0.25) is 0 Å². The maximum absolute atomic E-state index is 13.1. The van der Waals surface area contributed by atoms with Gasteiger partial charge in [-0.05, 0) is 32.4 Å². The van der Waals surface area contributed by atoms with Crippen molar-refractivity contribution < 1.29 is 9.30 Å². The molecule has 0 N–H and O–H groups in total. The van der Waals surface area contributed by atoms with Gasteiger partial charge >= 0.3 is 0 Å². The minimum Gasteiger partial charge on any atom is -0.496 e. The van der Waals surface area contributed by atoms with E-state index in [1.807, 2.05) is 25.1 Å². The van der Waals surface area contributed by atoms with Crippen LogP contribution in [0.25, 0.3) is 0 Å². The van der Waals surface area contributed by atoms with Gasteiger partial charge in [-0.3, -0.25) is 4.90 Å². The van der Waals surface area contributed by atoms with E-state index in [0.29, 0.717) is 6.04 Å². The number of rotatable bonds is 3. The Morgan fingerprint density at radius 1 is 1.26 bits per heavy atom. The minimum absolute atomic E-state index is 0.543. The average Bonchev–Trinajstić information content (AvgIpc) is 2.39. The lowest BCUT2D eigenvalue weighted by Gasteiger charge is -2.35. The molecule has 0 spiro atoms. The summed E-state index contributed by atoms with van der Waals surface area (Å²) in [5, 5.41) is 0.985. The molecule has 2 rings (SSSR count). The molecule has 0 amide bonds. The third-order valence-corrected chi connectivity index (χ3v) is 7.15. The summed E-state index contributed by atoms with van der Waals surface area (Å²) in [4.78, 5) is 2.40. The van der Waals surface area contributed by atoms with Crippen LogP contribution in [-0.2, 0) is 4.57 Å². The summed E-state index contributed by atoms with van der Waals surface area (Å²) in [6, 6.07) is 6.55. The van der Waals surface area contributed by atoms with E-state index in [1.165, 1.54) is 0 Å². The number of hydrogen-bond acceptors (Lipinski definition) is 3. The van der Waals surface area contributed by atoms with Crippen molar-refractivity contribution in [2.24, 2.45) is 0 Å². The largest absolute Gasteiger partial charge is 0.496 e. The minimum atomic E-state index is -2.22. The number of nitrogens with zero attached hydrogens (tertiary/aromatic N) is 1. The van der Waals surface area contributed by atoms with Crippen LogP contribution in [0, 0.1) is 6.92 Å². The molecule has 1 heterocycles. The SMILES string of the molecule is COc1cc(P2(=O)CCN(C(C)C)CC2)ccc1C. The van der Waals surface area contributed by atoms with Crippen molar-refractivity contribution in [2.75, 3.05) is 32.5 Å². The molecule has 1 aliphatic heterocycles. The zero-order valence-corrected chi connectivity index (χ0v) is 13.2. The molecule has 1 aromatic carbocycles. The van der Waals surface area contributed by atoms with E-state index in [4.69, 9.17) is 4.74 Å². The summed E-state index contributed by atoms with van der Waals surface area (Å²) in [7, 11) is -0.554. The van der Waals surface area contributed by atoms with E-state index in [2.05, 4.69) is 18.7 Å². The fraction of sp³-hybridized carbons (Fsp3) is 0.600. The molecule has 4 heteroatoms. The summed E-state index contributed by atoms with van der Waals surface area (Å²) < 4.78 is 18.4. The van der Waals surface area contributed by atoms with E-state index in [-0.39, 0.29) is 0 Å². The molecule has 0 radical (unpaired) electrons. The molecule has 0 aliphatic carbocycles. The van der Waals surface area contributed by atoms with Crippen molar-refractivity contribution in [1.82, 2.24) is 4.90 Å². The molecule has 3 nitrogen and oxygen atoms in total. The molecule has 106 valence electrons.